The molecule has 0 amide bonds. The van der Waals surface area contributed by atoms with Crippen molar-refractivity contribution in [3.05, 3.63) is 35.1 Å². The van der Waals surface area contributed by atoms with Gasteiger partial charge in [0.15, 0.2) is 0 Å². The molecule has 4 heteroatoms. The third-order valence-electron chi connectivity index (χ3n) is 6.28. The quantitative estimate of drug-likeness (QED) is 0.868. The van der Waals surface area contributed by atoms with Gasteiger partial charge in [0.25, 0.3) is 0 Å². The number of carbonyl (C=O) groups is 1. The van der Waals surface area contributed by atoms with Crippen LogP contribution in [-0.4, -0.2) is 17.6 Å². The zero-order valence-electron chi connectivity index (χ0n) is 13.4. The Morgan fingerprint density at radius 3 is 2.30 bits per heavy atom. The molecular formula is C19H24FNO2. The highest BCUT2D eigenvalue weighted by atomic mass is 19.1. The van der Waals surface area contributed by atoms with Crippen LogP contribution in [0.2, 0.25) is 0 Å². The summed E-state index contributed by atoms with van der Waals surface area (Å²) < 4.78 is 14.0. The van der Waals surface area contributed by atoms with E-state index in [-0.39, 0.29) is 5.56 Å². The second kappa shape index (κ2) is 5.59. The van der Waals surface area contributed by atoms with Gasteiger partial charge in [-0.1, -0.05) is 6.07 Å². The molecule has 5 rings (SSSR count). The number of benzene rings is 1. The van der Waals surface area contributed by atoms with E-state index in [4.69, 9.17) is 5.11 Å². The van der Waals surface area contributed by atoms with E-state index >= 15 is 0 Å². The lowest BCUT2D eigenvalue weighted by molar-refractivity contribution is -0.0514. The first-order valence-electron chi connectivity index (χ1n) is 8.75. The van der Waals surface area contributed by atoms with E-state index in [9.17, 15) is 9.18 Å². The maximum atomic E-state index is 14.0. The average Bonchev–Trinajstić information content (AvgIpc) is 2.47. The van der Waals surface area contributed by atoms with E-state index in [0.29, 0.717) is 17.5 Å². The van der Waals surface area contributed by atoms with Crippen LogP contribution in [0.15, 0.2) is 18.2 Å². The smallest absolute Gasteiger partial charge is 0.335 e. The first-order chi connectivity index (χ1) is 11.0. The third kappa shape index (κ3) is 2.89. The normalized spacial score (nSPS) is 34.7. The van der Waals surface area contributed by atoms with Crippen molar-refractivity contribution in [2.45, 2.75) is 45.1 Å². The maximum Gasteiger partial charge on any atom is 0.335 e. The highest BCUT2D eigenvalue weighted by molar-refractivity contribution is 5.87. The summed E-state index contributed by atoms with van der Waals surface area (Å²) in [6.45, 7) is 1.45. The minimum absolute atomic E-state index is 0.00679. The van der Waals surface area contributed by atoms with Crippen molar-refractivity contribution < 1.29 is 14.3 Å². The Kier molecular flexibility index (Phi) is 3.67. The lowest BCUT2D eigenvalue weighted by Gasteiger charge is -2.57. The van der Waals surface area contributed by atoms with Crippen molar-refractivity contribution >= 4 is 5.97 Å². The number of nitrogens with one attached hydrogen (secondary N) is 1. The number of hydrogen-bond acceptors (Lipinski definition) is 2. The summed E-state index contributed by atoms with van der Waals surface area (Å²) in [5, 5.41) is 12.4. The molecule has 0 spiro atoms. The van der Waals surface area contributed by atoms with Crippen molar-refractivity contribution in [2.75, 3.05) is 6.54 Å². The van der Waals surface area contributed by atoms with Gasteiger partial charge in [0, 0.05) is 18.7 Å². The zero-order chi connectivity index (χ0) is 16.0. The molecular weight excluding hydrogens is 293 g/mol. The van der Waals surface area contributed by atoms with Gasteiger partial charge in [-0.15, -0.1) is 0 Å². The van der Waals surface area contributed by atoms with Crippen molar-refractivity contribution in [1.82, 2.24) is 5.32 Å². The Morgan fingerprint density at radius 2 is 1.78 bits per heavy atom. The Bertz CT molecular complexity index is 593. The molecule has 0 unspecified atom stereocenters. The maximum absolute atomic E-state index is 14.0. The topological polar surface area (TPSA) is 49.3 Å². The number of carboxylic acids is 1. The molecule has 1 aromatic carbocycles. The molecule has 4 bridgehead atoms. The number of carboxylic acid groups (broad SMARTS) is 1. The molecule has 3 nitrogen and oxygen atoms in total. The van der Waals surface area contributed by atoms with Gasteiger partial charge in [-0.05, 0) is 73.8 Å². The molecule has 0 heterocycles. The Morgan fingerprint density at radius 1 is 1.17 bits per heavy atom. The van der Waals surface area contributed by atoms with Crippen molar-refractivity contribution in [1.29, 1.82) is 0 Å². The van der Waals surface area contributed by atoms with Crippen LogP contribution in [0.4, 0.5) is 4.39 Å². The second-order valence-corrected chi connectivity index (χ2v) is 8.13. The van der Waals surface area contributed by atoms with E-state index in [2.05, 4.69) is 5.32 Å². The predicted molar refractivity (Wildman–Crippen MR) is 85.7 cm³/mol. The summed E-state index contributed by atoms with van der Waals surface area (Å²) in [7, 11) is 0. The van der Waals surface area contributed by atoms with Gasteiger partial charge in [-0.2, -0.15) is 0 Å². The molecule has 4 fully saturated rings. The SMILES string of the molecule is O=C(O)c1ccc(CNCC23CC4CC(CC(C4)C2)C3)c(F)c1. The number of rotatable bonds is 5. The molecule has 1 aromatic rings. The fourth-order valence-electron chi connectivity index (χ4n) is 5.79. The Balaban J connectivity index is 1.38. The molecule has 4 aliphatic carbocycles. The van der Waals surface area contributed by atoms with Crippen molar-refractivity contribution in [2.24, 2.45) is 23.2 Å². The summed E-state index contributed by atoms with van der Waals surface area (Å²) in [5.74, 6) is 1.26. The first-order valence-corrected chi connectivity index (χ1v) is 8.75. The largest absolute Gasteiger partial charge is 0.478 e. The molecule has 124 valence electrons. The molecule has 0 radical (unpaired) electrons. The Labute approximate surface area is 136 Å². The van der Waals surface area contributed by atoms with Crippen LogP contribution in [-0.2, 0) is 6.54 Å². The second-order valence-electron chi connectivity index (χ2n) is 8.13. The van der Waals surface area contributed by atoms with Crippen LogP contribution in [0.3, 0.4) is 0 Å². The summed E-state index contributed by atoms with van der Waals surface area (Å²) >= 11 is 0. The molecule has 2 N–H and O–H groups in total. The van der Waals surface area contributed by atoms with Gasteiger partial charge in [0.1, 0.15) is 5.82 Å². The molecule has 0 atom stereocenters. The van der Waals surface area contributed by atoms with E-state index in [0.717, 1.165) is 30.4 Å². The van der Waals surface area contributed by atoms with Gasteiger partial charge < -0.3 is 10.4 Å². The lowest BCUT2D eigenvalue weighted by atomic mass is 9.49. The lowest BCUT2D eigenvalue weighted by Crippen LogP contribution is -2.50. The Hall–Kier alpha value is -1.42. The molecule has 0 aliphatic heterocycles. The van der Waals surface area contributed by atoms with Gasteiger partial charge >= 0.3 is 5.97 Å². The van der Waals surface area contributed by atoms with Crippen molar-refractivity contribution in [3.8, 4) is 0 Å². The van der Waals surface area contributed by atoms with Gasteiger partial charge in [-0.25, -0.2) is 9.18 Å². The molecule has 0 aromatic heterocycles. The van der Waals surface area contributed by atoms with E-state index < -0.39 is 11.8 Å². The van der Waals surface area contributed by atoms with E-state index in [1.165, 1.54) is 44.6 Å². The average molecular weight is 317 g/mol. The fourth-order valence-corrected chi connectivity index (χ4v) is 5.79. The summed E-state index contributed by atoms with van der Waals surface area (Å²) in [6.07, 6.45) is 8.32. The van der Waals surface area contributed by atoms with Gasteiger partial charge in [0.2, 0.25) is 0 Å². The highest BCUT2D eigenvalue weighted by Gasteiger charge is 2.50. The number of halogens is 1. The first kappa shape index (κ1) is 15.1. The van der Waals surface area contributed by atoms with Gasteiger partial charge in [0.05, 0.1) is 5.56 Å². The molecule has 23 heavy (non-hydrogen) atoms. The van der Waals surface area contributed by atoms with Crippen LogP contribution in [0, 0.1) is 29.0 Å². The highest BCUT2D eigenvalue weighted by Crippen LogP contribution is 2.59. The van der Waals surface area contributed by atoms with Crippen LogP contribution in [0.1, 0.15) is 54.4 Å². The standard InChI is InChI=1S/C19H24FNO2/c20-17-6-15(18(22)23)1-2-16(17)10-21-11-19-7-12-3-13(8-19)5-14(4-12)9-19/h1-2,6,12-14,21H,3-5,7-11H2,(H,22,23). The van der Waals surface area contributed by atoms with Crippen LogP contribution in [0.5, 0.6) is 0 Å². The zero-order valence-corrected chi connectivity index (χ0v) is 13.4. The van der Waals surface area contributed by atoms with E-state index in [1.807, 2.05) is 0 Å². The summed E-state index contributed by atoms with van der Waals surface area (Å²) in [5.41, 5.74) is 0.999. The molecule has 4 aliphatic rings. The summed E-state index contributed by atoms with van der Waals surface area (Å²) in [6, 6.07) is 4.18. The van der Waals surface area contributed by atoms with Gasteiger partial charge in [-0.3, -0.25) is 0 Å². The molecule has 4 saturated carbocycles. The minimum Gasteiger partial charge on any atom is -0.478 e. The fraction of sp³-hybridized carbons (Fsp3) is 0.632. The molecule has 0 saturated heterocycles. The predicted octanol–water partition coefficient (Wildman–Crippen LogP) is 3.83. The van der Waals surface area contributed by atoms with E-state index in [1.54, 1.807) is 6.07 Å². The number of hydrogen-bond donors (Lipinski definition) is 2. The number of aromatic carboxylic acids is 1. The monoisotopic (exact) mass is 317 g/mol. The minimum atomic E-state index is -1.09. The van der Waals surface area contributed by atoms with Crippen molar-refractivity contribution in [3.63, 3.8) is 0 Å². The van der Waals surface area contributed by atoms with Crippen LogP contribution < -0.4 is 5.32 Å². The van der Waals surface area contributed by atoms with Crippen LogP contribution >= 0.6 is 0 Å². The van der Waals surface area contributed by atoms with Crippen LogP contribution in [0.25, 0.3) is 0 Å². The summed E-state index contributed by atoms with van der Waals surface area (Å²) in [4.78, 5) is 10.9. The third-order valence-corrected chi connectivity index (χ3v) is 6.28.